The van der Waals surface area contributed by atoms with Crippen molar-refractivity contribution in [1.82, 2.24) is 14.3 Å². The minimum Gasteiger partial charge on any atom is -0.368 e. The first kappa shape index (κ1) is 27.1. The number of hydrogen-bond acceptors (Lipinski definition) is 5. The number of carbonyl (C=O) groups excluding carboxylic acids is 2. The summed E-state index contributed by atoms with van der Waals surface area (Å²) in [5.74, 6) is -1.81. The Kier molecular flexibility index (Phi) is 7.39. The number of aromatic nitrogens is 2. The van der Waals surface area contributed by atoms with Crippen molar-refractivity contribution in [3.05, 3.63) is 80.3 Å². The zero-order chi connectivity index (χ0) is 28.0. The Bertz CT molecular complexity index is 1520. The summed E-state index contributed by atoms with van der Waals surface area (Å²) >= 11 is 12.6. The van der Waals surface area contributed by atoms with Crippen LogP contribution in [0.5, 0.6) is 0 Å². The number of piperazine rings is 1. The fraction of sp³-hybridized carbons (Fsp3) is 0.357. The summed E-state index contributed by atoms with van der Waals surface area (Å²) < 4.78 is 16.0. The molecule has 2 aliphatic rings. The topological polar surface area (TPSA) is 79.9 Å². The second-order valence-electron chi connectivity index (χ2n) is 10.1. The molecule has 5 rings (SSSR count). The van der Waals surface area contributed by atoms with Crippen molar-refractivity contribution in [2.45, 2.75) is 26.8 Å². The molecule has 1 fully saturated rings. The van der Waals surface area contributed by atoms with Crippen LogP contribution in [0.25, 0.3) is 0 Å². The molecule has 1 amide bonds. The number of amides is 1. The molecular weight excluding hydrogens is 544 g/mol. The summed E-state index contributed by atoms with van der Waals surface area (Å²) in [6.45, 7) is 7.23. The fourth-order valence-corrected chi connectivity index (χ4v) is 5.56. The fourth-order valence-electron chi connectivity index (χ4n) is 5.25. The number of fused-ring (bicyclic) bond motifs is 1. The highest BCUT2D eigenvalue weighted by atomic mass is 35.5. The number of nitrogens with zero attached hydrogens (tertiary/aromatic N) is 5. The molecule has 1 aromatic heterocycles. The molecule has 3 heterocycles. The van der Waals surface area contributed by atoms with Gasteiger partial charge in [0, 0.05) is 49.6 Å². The van der Waals surface area contributed by atoms with Gasteiger partial charge in [-0.3, -0.25) is 14.4 Å². The standard InChI is InChI=1S/C28H28Cl2FN5O3/c1-16(2)27(38)36-24(37)15-23-32-17(3)25(26(35(23)36)18-4-9-21(29)22(30)14-18)28(39)34-12-10-33(11-13-34)20-7-5-19(31)6-8-20/h4-9,14-16,25-26H,10-13H2,1-3H3. The SMILES string of the molecule is CC1=Nc2cc(=O)n(C(=O)C(C)C)n2C(c2ccc(Cl)c(Cl)c2)C1C(=O)N1CCN(c2ccc(F)cc2)CC1. The van der Waals surface area contributed by atoms with Crippen LogP contribution < -0.4 is 10.5 Å². The van der Waals surface area contributed by atoms with E-state index < -0.39 is 29.3 Å². The molecule has 2 atom stereocenters. The van der Waals surface area contributed by atoms with Gasteiger partial charge in [0.2, 0.25) is 5.91 Å². The molecule has 2 aliphatic heterocycles. The highest BCUT2D eigenvalue weighted by Crippen LogP contribution is 2.39. The van der Waals surface area contributed by atoms with Crippen molar-refractivity contribution >= 4 is 52.2 Å². The van der Waals surface area contributed by atoms with Gasteiger partial charge in [-0.2, -0.15) is 4.68 Å². The molecule has 204 valence electrons. The van der Waals surface area contributed by atoms with Gasteiger partial charge in [-0.25, -0.2) is 14.1 Å². The number of carbonyl (C=O) groups is 2. The van der Waals surface area contributed by atoms with Crippen LogP contribution in [0.15, 0.2) is 58.3 Å². The van der Waals surface area contributed by atoms with Gasteiger partial charge in [0.1, 0.15) is 11.7 Å². The lowest BCUT2D eigenvalue weighted by atomic mass is 9.86. The summed E-state index contributed by atoms with van der Waals surface area (Å²) in [6, 6.07) is 11.9. The van der Waals surface area contributed by atoms with E-state index in [1.54, 1.807) is 56.0 Å². The third-order valence-electron chi connectivity index (χ3n) is 7.27. The van der Waals surface area contributed by atoms with Crippen LogP contribution in [0.3, 0.4) is 0 Å². The third kappa shape index (κ3) is 5.01. The molecule has 2 aromatic carbocycles. The first-order chi connectivity index (χ1) is 18.6. The average Bonchev–Trinajstić information content (AvgIpc) is 3.24. The molecule has 39 heavy (non-hydrogen) atoms. The van der Waals surface area contributed by atoms with Crippen LogP contribution in [-0.2, 0) is 4.79 Å². The van der Waals surface area contributed by atoms with Gasteiger partial charge in [0.15, 0.2) is 5.82 Å². The minimum atomic E-state index is -0.787. The molecule has 0 saturated carbocycles. The van der Waals surface area contributed by atoms with Crippen molar-refractivity contribution in [3.63, 3.8) is 0 Å². The maximum atomic E-state index is 14.2. The van der Waals surface area contributed by atoms with Gasteiger partial charge in [0.05, 0.1) is 16.1 Å². The first-order valence-electron chi connectivity index (χ1n) is 12.7. The molecule has 0 spiro atoms. The summed E-state index contributed by atoms with van der Waals surface area (Å²) in [6.07, 6.45) is 0. The van der Waals surface area contributed by atoms with E-state index >= 15 is 0 Å². The monoisotopic (exact) mass is 571 g/mol. The number of hydrogen-bond donors (Lipinski definition) is 0. The van der Waals surface area contributed by atoms with Gasteiger partial charge in [-0.05, 0) is 48.9 Å². The summed E-state index contributed by atoms with van der Waals surface area (Å²) in [7, 11) is 0. The van der Waals surface area contributed by atoms with E-state index in [0.717, 1.165) is 10.4 Å². The van der Waals surface area contributed by atoms with Gasteiger partial charge < -0.3 is 9.80 Å². The highest BCUT2D eigenvalue weighted by Gasteiger charge is 2.42. The highest BCUT2D eigenvalue weighted by molar-refractivity contribution is 6.42. The maximum Gasteiger partial charge on any atom is 0.276 e. The van der Waals surface area contributed by atoms with Crippen molar-refractivity contribution in [2.24, 2.45) is 16.8 Å². The van der Waals surface area contributed by atoms with Crippen molar-refractivity contribution in [3.8, 4) is 0 Å². The largest absolute Gasteiger partial charge is 0.368 e. The van der Waals surface area contributed by atoms with Crippen LogP contribution in [0.2, 0.25) is 10.0 Å². The van der Waals surface area contributed by atoms with Crippen LogP contribution >= 0.6 is 23.2 Å². The Balaban J connectivity index is 1.53. The zero-order valence-electron chi connectivity index (χ0n) is 21.8. The summed E-state index contributed by atoms with van der Waals surface area (Å²) in [4.78, 5) is 48.8. The first-order valence-corrected chi connectivity index (χ1v) is 13.5. The van der Waals surface area contributed by atoms with Crippen LogP contribution in [0.4, 0.5) is 15.9 Å². The van der Waals surface area contributed by atoms with Gasteiger partial charge >= 0.3 is 0 Å². The molecule has 0 bridgehead atoms. The Labute approximate surface area is 235 Å². The second kappa shape index (κ2) is 10.6. The number of aliphatic imine (C=N–C) groups is 1. The normalized spacial score (nSPS) is 19.2. The van der Waals surface area contributed by atoms with Crippen LogP contribution in [0, 0.1) is 17.7 Å². The molecule has 11 heteroatoms. The third-order valence-corrected chi connectivity index (χ3v) is 8.01. The molecule has 2 unspecified atom stereocenters. The minimum absolute atomic E-state index is 0.165. The van der Waals surface area contributed by atoms with Crippen LogP contribution in [-0.4, -0.2) is 58.0 Å². The lowest BCUT2D eigenvalue weighted by Crippen LogP contribution is -2.53. The quantitative estimate of drug-likeness (QED) is 0.438. The molecule has 1 saturated heterocycles. The Morgan fingerprint density at radius 1 is 0.974 bits per heavy atom. The second-order valence-corrected chi connectivity index (χ2v) is 10.9. The van der Waals surface area contributed by atoms with E-state index in [1.165, 1.54) is 22.9 Å². The van der Waals surface area contributed by atoms with E-state index in [4.69, 9.17) is 23.2 Å². The lowest BCUT2D eigenvalue weighted by molar-refractivity contribution is -0.134. The number of rotatable bonds is 4. The van der Waals surface area contributed by atoms with Gasteiger partial charge in [0.25, 0.3) is 11.5 Å². The molecular formula is C28H28Cl2FN5O3. The molecule has 0 N–H and O–H groups in total. The molecule has 0 aliphatic carbocycles. The Morgan fingerprint density at radius 3 is 2.26 bits per heavy atom. The van der Waals surface area contributed by atoms with Crippen molar-refractivity contribution in [1.29, 1.82) is 0 Å². The van der Waals surface area contributed by atoms with E-state index in [2.05, 4.69) is 9.89 Å². The van der Waals surface area contributed by atoms with Crippen LogP contribution in [0.1, 0.15) is 37.2 Å². The lowest BCUT2D eigenvalue weighted by Gasteiger charge is -2.40. The van der Waals surface area contributed by atoms with Gasteiger partial charge in [-0.15, -0.1) is 0 Å². The number of anilines is 1. The molecule has 3 aromatic rings. The Hall–Kier alpha value is -3.43. The van der Waals surface area contributed by atoms with Crippen molar-refractivity contribution < 1.29 is 14.0 Å². The predicted molar refractivity (Wildman–Crippen MR) is 150 cm³/mol. The molecule has 8 nitrogen and oxygen atoms in total. The number of benzene rings is 2. The van der Waals surface area contributed by atoms with E-state index in [9.17, 15) is 18.8 Å². The van der Waals surface area contributed by atoms with E-state index in [1.807, 2.05) is 0 Å². The number of halogens is 3. The summed E-state index contributed by atoms with van der Waals surface area (Å²) in [5, 5.41) is 0.649. The molecule has 0 radical (unpaired) electrons. The average molecular weight is 572 g/mol. The smallest absolute Gasteiger partial charge is 0.276 e. The van der Waals surface area contributed by atoms with E-state index in [-0.39, 0.29) is 11.7 Å². The maximum absolute atomic E-state index is 14.2. The van der Waals surface area contributed by atoms with Gasteiger partial charge in [-0.1, -0.05) is 43.1 Å². The Morgan fingerprint density at radius 2 is 1.64 bits per heavy atom. The predicted octanol–water partition coefficient (Wildman–Crippen LogP) is 5.05. The van der Waals surface area contributed by atoms with Crippen molar-refractivity contribution in [2.75, 3.05) is 31.1 Å². The summed E-state index contributed by atoms with van der Waals surface area (Å²) in [5.41, 5.74) is 1.54. The van der Waals surface area contributed by atoms with E-state index in [0.29, 0.717) is 53.3 Å². The zero-order valence-corrected chi connectivity index (χ0v) is 23.3.